The number of carbonyl (C=O) groups excluding carboxylic acids is 1. The van der Waals surface area contributed by atoms with Gasteiger partial charge in [0.05, 0.1) is 5.69 Å². The summed E-state index contributed by atoms with van der Waals surface area (Å²) in [4.78, 5) is 16.5. The number of alkyl halides is 2. The lowest BCUT2D eigenvalue weighted by molar-refractivity contribution is -0.117. The van der Waals surface area contributed by atoms with Crippen molar-refractivity contribution in [3.05, 3.63) is 29.6 Å². The van der Waals surface area contributed by atoms with Crippen LogP contribution in [0.5, 0.6) is 5.75 Å². The lowest BCUT2D eigenvalue weighted by Gasteiger charge is -2.13. The number of benzene rings is 1. The number of thiazole rings is 1. The van der Waals surface area contributed by atoms with E-state index in [9.17, 15) is 13.6 Å². The van der Waals surface area contributed by atoms with Gasteiger partial charge < -0.3 is 15.8 Å². The molecule has 5 nitrogen and oxygen atoms in total. The zero-order valence-electron chi connectivity index (χ0n) is 13.9. The Labute approximate surface area is 160 Å². The molecule has 3 N–H and O–H groups in total. The Morgan fingerprint density at radius 2 is 2.15 bits per heavy atom. The van der Waals surface area contributed by atoms with Crippen LogP contribution in [-0.2, 0) is 4.79 Å². The summed E-state index contributed by atoms with van der Waals surface area (Å²) < 4.78 is 29.5. The van der Waals surface area contributed by atoms with Crippen molar-refractivity contribution in [2.24, 2.45) is 11.7 Å². The van der Waals surface area contributed by atoms with Crippen LogP contribution >= 0.6 is 23.7 Å². The van der Waals surface area contributed by atoms with E-state index in [-0.39, 0.29) is 36.0 Å². The van der Waals surface area contributed by atoms with Gasteiger partial charge in [-0.1, -0.05) is 18.6 Å². The molecule has 0 aliphatic heterocycles. The second kappa shape index (κ2) is 9.25. The summed E-state index contributed by atoms with van der Waals surface area (Å²) in [6.45, 7) is -2.91. The maximum Gasteiger partial charge on any atom is 0.387 e. The first-order valence-corrected chi connectivity index (χ1v) is 8.96. The third kappa shape index (κ3) is 5.12. The smallest absolute Gasteiger partial charge is 0.387 e. The van der Waals surface area contributed by atoms with Gasteiger partial charge in [0.25, 0.3) is 0 Å². The molecule has 9 heteroatoms. The Bertz CT molecular complexity index is 744. The van der Waals surface area contributed by atoms with Crippen molar-refractivity contribution in [3.8, 4) is 17.0 Å². The Kier molecular flexibility index (Phi) is 7.31. The standard InChI is InChI=1S/C17H19F2N3O2S.ClH/c18-16(19)24-14-7-2-1-5-11(14)13-9-25-17(21-13)22-15(23)8-10-4-3-6-12(10)20;/h1-2,5,7,9-10,12,16H,3-4,6,8,20H2,(H,21,22,23);1H/t10-,12+;/m0./s1. The summed E-state index contributed by atoms with van der Waals surface area (Å²) >= 11 is 1.24. The first-order valence-electron chi connectivity index (χ1n) is 8.08. The first-order chi connectivity index (χ1) is 12.0. The number of para-hydroxylation sites is 1. The van der Waals surface area contributed by atoms with Crippen molar-refractivity contribution in [1.29, 1.82) is 0 Å². The van der Waals surface area contributed by atoms with Crippen molar-refractivity contribution >= 4 is 34.8 Å². The number of nitrogens with zero attached hydrogens (tertiary/aromatic N) is 1. The maximum absolute atomic E-state index is 12.5. The van der Waals surface area contributed by atoms with Crippen molar-refractivity contribution in [3.63, 3.8) is 0 Å². The minimum Gasteiger partial charge on any atom is -0.434 e. The number of hydrogen-bond acceptors (Lipinski definition) is 5. The number of nitrogens with two attached hydrogens (primary N) is 1. The number of anilines is 1. The third-order valence-electron chi connectivity index (χ3n) is 4.30. The Hall–Kier alpha value is -1.77. The molecule has 0 saturated heterocycles. The highest BCUT2D eigenvalue weighted by Gasteiger charge is 2.26. The van der Waals surface area contributed by atoms with Crippen molar-refractivity contribution in [2.75, 3.05) is 5.32 Å². The first kappa shape index (κ1) is 20.5. The summed E-state index contributed by atoms with van der Waals surface area (Å²) in [6.07, 6.45) is 3.36. The highest BCUT2D eigenvalue weighted by molar-refractivity contribution is 7.14. The maximum atomic E-state index is 12.5. The number of aromatic nitrogens is 1. The number of rotatable bonds is 6. The average molecular weight is 404 g/mol. The van der Waals surface area contributed by atoms with E-state index in [1.807, 2.05) is 0 Å². The van der Waals surface area contributed by atoms with Gasteiger partial charge in [-0.3, -0.25) is 4.79 Å². The second-order valence-electron chi connectivity index (χ2n) is 6.02. The molecule has 2 atom stereocenters. The highest BCUT2D eigenvalue weighted by Crippen LogP contribution is 2.33. The van der Waals surface area contributed by atoms with E-state index in [1.54, 1.807) is 23.6 Å². The number of nitrogens with one attached hydrogen (secondary N) is 1. The summed E-state index contributed by atoms with van der Waals surface area (Å²) in [6, 6.07) is 6.51. The van der Waals surface area contributed by atoms with Gasteiger partial charge in [0.15, 0.2) is 5.13 Å². The second-order valence-corrected chi connectivity index (χ2v) is 6.88. The van der Waals surface area contributed by atoms with Crippen LogP contribution in [0, 0.1) is 5.92 Å². The topological polar surface area (TPSA) is 77.2 Å². The van der Waals surface area contributed by atoms with Crippen LogP contribution in [0.25, 0.3) is 11.3 Å². The normalized spacial score (nSPS) is 19.2. The predicted octanol–water partition coefficient (Wildman–Crippen LogP) is 4.29. The number of carbonyl (C=O) groups is 1. The molecule has 26 heavy (non-hydrogen) atoms. The highest BCUT2D eigenvalue weighted by atomic mass is 35.5. The van der Waals surface area contributed by atoms with Crippen LogP contribution in [0.2, 0.25) is 0 Å². The molecule has 0 unspecified atom stereocenters. The summed E-state index contributed by atoms with van der Waals surface area (Å²) in [5.41, 5.74) is 6.93. The Morgan fingerprint density at radius 1 is 1.38 bits per heavy atom. The van der Waals surface area contributed by atoms with Gasteiger partial charge in [-0.2, -0.15) is 8.78 Å². The van der Waals surface area contributed by atoms with E-state index >= 15 is 0 Å². The van der Waals surface area contributed by atoms with Gasteiger partial charge in [-0.25, -0.2) is 4.98 Å². The largest absolute Gasteiger partial charge is 0.434 e. The molecule has 1 aromatic heterocycles. The molecule has 1 amide bonds. The van der Waals surface area contributed by atoms with Crippen LogP contribution < -0.4 is 15.8 Å². The molecule has 1 fully saturated rings. The Morgan fingerprint density at radius 3 is 2.85 bits per heavy atom. The number of halogens is 3. The molecule has 0 spiro atoms. The summed E-state index contributed by atoms with van der Waals surface area (Å²) in [5, 5.41) is 4.89. The van der Waals surface area contributed by atoms with Crippen LogP contribution in [-0.4, -0.2) is 23.5 Å². The quantitative estimate of drug-likeness (QED) is 0.754. The molecule has 2 aromatic rings. The van der Waals surface area contributed by atoms with E-state index in [0.717, 1.165) is 19.3 Å². The predicted molar refractivity (Wildman–Crippen MR) is 100.0 cm³/mol. The zero-order chi connectivity index (χ0) is 17.8. The lowest BCUT2D eigenvalue weighted by atomic mass is 10.00. The molecule has 142 valence electrons. The van der Waals surface area contributed by atoms with Gasteiger partial charge in [0, 0.05) is 23.4 Å². The van der Waals surface area contributed by atoms with E-state index in [1.165, 1.54) is 17.4 Å². The fourth-order valence-electron chi connectivity index (χ4n) is 3.06. The fraction of sp³-hybridized carbons (Fsp3) is 0.412. The minimum absolute atomic E-state index is 0. The molecule has 0 radical (unpaired) electrons. The average Bonchev–Trinajstić information content (AvgIpc) is 3.17. The number of ether oxygens (including phenoxy) is 1. The van der Waals surface area contributed by atoms with E-state index in [4.69, 9.17) is 5.73 Å². The number of amides is 1. The molecule has 1 aromatic carbocycles. The van der Waals surface area contributed by atoms with Gasteiger partial charge in [0.1, 0.15) is 5.75 Å². The monoisotopic (exact) mass is 403 g/mol. The number of hydrogen-bond donors (Lipinski definition) is 2. The molecule has 1 aliphatic carbocycles. The van der Waals surface area contributed by atoms with E-state index in [0.29, 0.717) is 22.8 Å². The molecule has 3 rings (SSSR count). The van der Waals surface area contributed by atoms with Gasteiger partial charge in [-0.15, -0.1) is 23.7 Å². The van der Waals surface area contributed by atoms with Gasteiger partial charge in [-0.05, 0) is 30.9 Å². The van der Waals surface area contributed by atoms with Crippen molar-refractivity contribution in [2.45, 2.75) is 38.3 Å². The van der Waals surface area contributed by atoms with Crippen molar-refractivity contribution < 1.29 is 18.3 Å². The fourth-order valence-corrected chi connectivity index (χ4v) is 3.79. The molecule has 0 bridgehead atoms. The molecule has 1 saturated carbocycles. The van der Waals surface area contributed by atoms with Crippen molar-refractivity contribution in [1.82, 2.24) is 4.98 Å². The van der Waals surface area contributed by atoms with Gasteiger partial charge >= 0.3 is 6.61 Å². The lowest BCUT2D eigenvalue weighted by Crippen LogP contribution is -2.28. The van der Waals surface area contributed by atoms with Gasteiger partial charge in [0.2, 0.25) is 5.91 Å². The summed E-state index contributed by atoms with van der Waals surface area (Å²) in [5.74, 6) is 0.137. The van der Waals surface area contributed by atoms with Crippen LogP contribution in [0.15, 0.2) is 29.6 Å². The molecular weight excluding hydrogens is 384 g/mol. The minimum atomic E-state index is -2.91. The SMILES string of the molecule is Cl.N[C@@H]1CCC[C@H]1CC(=O)Nc1nc(-c2ccccc2OC(F)F)cs1. The zero-order valence-corrected chi connectivity index (χ0v) is 15.5. The molecular formula is C17H20ClF2N3O2S. The molecule has 1 heterocycles. The van der Waals surface area contributed by atoms with Crippen LogP contribution in [0.4, 0.5) is 13.9 Å². The van der Waals surface area contributed by atoms with Crippen LogP contribution in [0.3, 0.4) is 0 Å². The Balaban J connectivity index is 0.00000243. The third-order valence-corrected chi connectivity index (χ3v) is 5.05. The summed E-state index contributed by atoms with van der Waals surface area (Å²) in [7, 11) is 0. The van der Waals surface area contributed by atoms with E-state index < -0.39 is 6.61 Å². The van der Waals surface area contributed by atoms with E-state index in [2.05, 4.69) is 15.0 Å². The van der Waals surface area contributed by atoms with Crippen LogP contribution in [0.1, 0.15) is 25.7 Å². The molecule has 1 aliphatic rings.